The smallest absolute Gasteiger partial charge is 0.392 e. The number of rotatable bonds is 6. The maximum absolute atomic E-state index is 12.1. The van der Waals surface area contributed by atoms with Crippen LogP contribution in [0.1, 0.15) is 12.0 Å². The molecule has 0 aliphatic rings. The third-order valence-electron chi connectivity index (χ3n) is 3.18. The largest absolute Gasteiger partial charge is 0.462 e. The summed E-state index contributed by atoms with van der Waals surface area (Å²) in [5, 5.41) is 17.9. The van der Waals surface area contributed by atoms with Crippen molar-refractivity contribution in [2.24, 2.45) is 0 Å². The molecule has 8 heteroatoms. The second-order valence-corrected chi connectivity index (χ2v) is 5.33. The normalized spacial score (nSPS) is 10.7. The molecule has 0 saturated heterocycles. The van der Waals surface area contributed by atoms with Gasteiger partial charge in [0.1, 0.15) is 24.3 Å². The van der Waals surface area contributed by atoms with Crippen molar-refractivity contribution in [3.05, 3.63) is 47.1 Å². The van der Waals surface area contributed by atoms with E-state index < -0.39 is 36.3 Å². The minimum absolute atomic E-state index is 0.395. The second kappa shape index (κ2) is 9.28. The maximum Gasteiger partial charge on any atom is 0.392 e. The SMILES string of the molecule is CN(C)c1ccc(/C=C/C(C(=O)OCCC(F)(F)F)=C(C#N)C#N)cc1. The number of hydrogen-bond acceptors (Lipinski definition) is 5. The number of ether oxygens (including phenoxy) is 1. The first-order valence-electron chi connectivity index (χ1n) is 7.41. The van der Waals surface area contributed by atoms with Crippen molar-refractivity contribution < 1.29 is 22.7 Å². The van der Waals surface area contributed by atoms with Gasteiger partial charge < -0.3 is 9.64 Å². The van der Waals surface area contributed by atoms with Crippen LogP contribution in [-0.2, 0) is 9.53 Å². The fourth-order valence-corrected chi connectivity index (χ4v) is 1.80. The number of halogens is 3. The van der Waals surface area contributed by atoms with Crippen molar-refractivity contribution in [2.45, 2.75) is 12.6 Å². The number of nitriles is 2. The number of esters is 1. The van der Waals surface area contributed by atoms with E-state index in [4.69, 9.17) is 10.5 Å². The highest BCUT2D eigenvalue weighted by Gasteiger charge is 2.27. The predicted molar refractivity (Wildman–Crippen MR) is 89.7 cm³/mol. The van der Waals surface area contributed by atoms with Gasteiger partial charge in [-0.15, -0.1) is 0 Å². The first kappa shape index (κ1) is 20.8. The van der Waals surface area contributed by atoms with E-state index in [2.05, 4.69) is 4.74 Å². The fourth-order valence-electron chi connectivity index (χ4n) is 1.80. The summed E-state index contributed by atoms with van der Waals surface area (Å²) in [6, 6.07) is 10.2. The lowest BCUT2D eigenvalue weighted by atomic mass is 10.1. The molecule has 1 aromatic carbocycles. The standard InChI is InChI=1S/C18H16F3N3O2/c1-24(2)15-6-3-13(4-7-15)5-8-16(14(11-22)12-23)17(25)26-10-9-18(19,20)21/h3-8H,9-10H2,1-2H3/b8-5+. The van der Waals surface area contributed by atoms with E-state index in [9.17, 15) is 18.0 Å². The molecule has 0 bridgehead atoms. The minimum Gasteiger partial charge on any atom is -0.462 e. The fraction of sp³-hybridized carbons (Fsp3) is 0.278. The summed E-state index contributed by atoms with van der Waals surface area (Å²) in [7, 11) is 3.74. The van der Waals surface area contributed by atoms with Crippen molar-refractivity contribution in [1.82, 2.24) is 0 Å². The first-order chi connectivity index (χ1) is 12.2. The maximum atomic E-state index is 12.1. The molecule has 0 N–H and O–H groups in total. The molecule has 0 saturated carbocycles. The molecule has 5 nitrogen and oxygen atoms in total. The zero-order chi connectivity index (χ0) is 19.7. The highest BCUT2D eigenvalue weighted by molar-refractivity contribution is 5.95. The molecule has 0 heterocycles. The Kier molecular flexibility index (Phi) is 7.42. The van der Waals surface area contributed by atoms with E-state index in [1.165, 1.54) is 24.3 Å². The van der Waals surface area contributed by atoms with Crippen molar-refractivity contribution >= 4 is 17.7 Å². The van der Waals surface area contributed by atoms with Gasteiger partial charge in [0.25, 0.3) is 0 Å². The average Bonchev–Trinajstić information content (AvgIpc) is 2.57. The van der Waals surface area contributed by atoms with E-state index in [0.29, 0.717) is 5.56 Å². The van der Waals surface area contributed by atoms with Crippen LogP contribution < -0.4 is 4.90 Å². The Morgan fingerprint density at radius 1 is 1.19 bits per heavy atom. The number of alkyl halides is 3. The summed E-state index contributed by atoms with van der Waals surface area (Å²) in [5.41, 5.74) is 0.683. The summed E-state index contributed by atoms with van der Waals surface area (Å²) in [5.74, 6) is -1.16. The molecule has 0 spiro atoms. The third kappa shape index (κ3) is 6.70. The highest BCUT2D eigenvalue weighted by Crippen LogP contribution is 2.20. The van der Waals surface area contributed by atoms with Gasteiger partial charge in [-0.25, -0.2) is 4.79 Å². The van der Waals surface area contributed by atoms with Crippen LogP contribution in [0, 0.1) is 22.7 Å². The third-order valence-corrected chi connectivity index (χ3v) is 3.18. The molecule has 0 radical (unpaired) electrons. The van der Waals surface area contributed by atoms with E-state index in [-0.39, 0.29) is 0 Å². The van der Waals surface area contributed by atoms with Gasteiger partial charge in [0.05, 0.1) is 12.0 Å². The number of allylic oxidation sites excluding steroid dienone is 1. The van der Waals surface area contributed by atoms with Crippen molar-refractivity contribution in [3.8, 4) is 12.1 Å². The highest BCUT2D eigenvalue weighted by atomic mass is 19.4. The van der Waals surface area contributed by atoms with Crippen LogP contribution in [0.15, 0.2) is 41.5 Å². The first-order valence-corrected chi connectivity index (χ1v) is 7.41. The second-order valence-electron chi connectivity index (χ2n) is 5.33. The minimum atomic E-state index is -4.47. The Morgan fingerprint density at radius 2 is 1.77 bits per heavy atom. The number of carbonyl (C=O) groups is 1. The van der Waals surface area contributed by atoms with Gasteiger partial charge in [0.2, 0.25) is 0 Å². The van der Waals surface area contributed by atoms with Crippen LogP contribution in [0.25, 0.3) is 6.08 Å². The monoisotopic (exact) mass is 363 g/mol. The van der Waals surface area contributed by atoms with Crippen LogP contribution in [0.2, 0.25) is 0 Å². The van der Waals surface area contributed by atoms with Crippen LogP contribution in [-0.4, -0.2) is 32.8 Å². The molecule has 136 valence electrons. The Labute approximate surface area is 149 Å². The lowest BCUT2D eigenvalue weighted by molar-refractivity contribution is -0.155. The van der Waals surface area contributed by atoms with E-state index in [1.807, 2.05) is 31.1 Å². The number of carbonyl (C=O) groups excluding carboxylic acids is 1. The van der Waals surface area contributed by atoms with E-state index in [1.54, 1.807) is 12.1 Å². The molecule has 0 fully saturated rings. The topological polar surface area (TPSA) is 77.1 Å². The Morgan fingerprint density at radius 3 is 2.23 bits per heavy atom. The quantitative estimate of drug-likeness (QED) is 0.334. The van der Waals surface area contributed by atoms with Crippen LogP contribution in [0.3, 0.4) is 0 Å². The summed E-state index contributed by atoms with van der Waals surface area (Å²) in [6.45, 7) is -0.888. The van der Waals surface area contributed by atoms with Gasteiger partial charge in [-0.2, -0.15) is 23.7 Å². The number of anilines is 1. The average molecular weight is 363 g/mol. The molecule has 0 aliphatic heterocycles. The molecular weight excluding hydrogens is 347 g/mol. The Bertz CT molecular complexity index is 764. The van der Waals surface area contributed by atoms with E-state index in [0.717, 1.165) is 5.69 Å². The Balaban J connectivity index is 2.98. The lowest BCUT2D eigenvalue weighted by Crippen LogP contribution is -2.16. The zero-order valence-corrected chi connectivity index (χ0v) is 14.2. The molecule has 0 atom stereocenters. The van der Waals surface area contributed by atoms with Gasteiger partial charge in [0.15, 0.2) is 0 Å². The number of nitrogens with zero attached hydrogens (tertiary/aromatic N) is 3. The van der Waals surface area contributed by atoms with Gasteiger partial charge in [-0.3, -0.25) is 0 Å². The van der Waals surface area contributed by atoms with Gasteiger partial charge in [-0.1, -0.05) is 18.2 Å². The van der Waals surface area contributed by atoms with Crippen LogP contribution >= 0.6 is 0 Å². The molecular formula is C18H16F3N3O2. The summed E-state index contributed by atoms with van der Waals surface area (Å²) in [4.78, 5) is 13.8. The van der Waals surface area contributed by atoms with Gasteiger partial charge in [-0.05, 0) is 23.8 Å². The predicted octanol–water partition coefficient (Wildman–Crippen LogP) is 3.61. The van der Waals surface area contributed by atoms with Crippen LogP contribution in [0.4, 0.5) is 18.9 Å². The molecule has 1 rings (SSSR count). The molecule has 0 aromatic heterocycles. The Hall–Kier alpha value is -3.26. The van der Waals surface area contributed by atoms with E-state index >= 15 is 0 Å². The summed E-state index contributed by atoms with van der Waals surface area (Å²) in [6.07, 6.45) is -3.13. The summed E-state index contributed by atoms with van der Waals surface area (Å²) >= 11 is 0. The molecule has 0 unspecified atom stereocenters. The van der Waals surface area contributed by atoms with Crippen molar-refractivity contribution in [1.29, 1.82) is 10.5 Å². The lowest BCUT2D eigenvalue weighted by Gasteiger charge is -2.11. The van der Waals surface area contributed by atoms with Gasteiger partial charge in [0, 0.05) is 19.8 Å². The van der Waals surface area contributed by atoms with Crippen LogP contribution in [0.5, 0.6) is 0 Å². The number of hydrogen-bond donors (Lipinski definition) is 0. The molecule has 26 heavy (non-hydrogen) atoms. The summed E-state index contributed by atoms with van der Waals surface area (Å²) < 4.78 is 40.9. The zero-order valence-electron chi connectivity index (χ0n) is 14.2. The number of benzene rings is 1. The molecule has 0 amide bonds. The molecule has 0 aliphatic carbocycles. The van der Waals surface area contributed by atoms with Crippen molar-refractivity contribution in [2.75, 3.05) is 25.6 Å². The van der Waals surface area contributed by atoms with Gasteiger partial charge >= 0.3 is 12.1 Å². The van der Waals surface area contributed by atoms with Crippen molar-refractivity contribution in [3.63, 3.8) is 0 Å². The molecule has 1 aromatic rings.